The summed E-state index contributed by atoms with van der Waals surface area (Å²) in [5, 5.41) is 11.0. The van der Waals surface area contributed by atoms with Crippen LogP contribution in [0.5, 0.6) is 0 Å². The molecule has 1 aromatic rings. The minimum absolute atomic E-state index is 0.0300. The minimum atomic E-state index is -0.631. The summed E-state index contributed by atoms with van der Waals surface area (Å²) < 4.78 is 0. The monoisotopic (exact) mass is 297 g/mol. The van der Waals surface area contributed by atoms with E-state index in [2.05, 4.69) is 6.92 Å². The van der Waals surface area contributed by atoms with Gasteiger partial charge in [0.25, 0.3) is 11.6 Å². The van der Waals surface area contributed by atoms with Crippen LogP contribution in [0.3, 0.4) is 0 Å². The van der Waals surface area contributed by atoms with Crippen LogP contribution >= 0.6 is 11.6 Å². The van der Waals surface area contributed by atoms with E-state index in [4.69, 9.17) is 17.3 Å². The van der Waals surface area contributed by atoms with E-state index in [9.17, 15) is 14.9 Å². The highest BCUT2D eigenvalue weighted by molar-refractivity contribution is 6.34. The summed E-state index contributed by atoms with van der Waals surface area (Å²) in [6, 6.07) is 2.70. The average molecular weight is 298 g/mol. The molecule has 108 valence electrons. The highest BCUT2D eigenvalue weighted by Gasteiger charge is 2.31. The fourth-order valence-corrected chi connectivity index (χ4v) is 2.84. The van der Waals surface area contributed by atoms with Crippen molar-refractivity contribution >= 4 is 28.9 Å². The number of nitro benzene ring substituents is 1. The van der Waals surface area contributed by atoms with E-state index in [1.54, 1.807) is 4.90 Å². The molecule has 2 N–H and O–H groups in total. The smallest absolute Gasteiger partial charge is 0.294 e. The van der Waals surface area contributed by atoms with Gasteiger partial charge < -0.3 is 10.6 Å². The summed E-state index contributed by atoms with van der Waals surface area (Å²) in [6.45, 7) is 4.69. The molecule has 6 nitrogen and oxygen atoms in total. The highest BCUT2D eigenvalue weighted by Crippen LogP contribution is 2.32. The Morgan fingerprint density at radius 2 is 2.15 bits per heavy atom. The van der Waals surface area contributed by atoms with Crippen LogP contribution < -0.4 is 5.73 Å². The van der Waals surface area contributed by atoms with E-state index in [0.717, 1.165) is 6.42 Å². The molecule has 0 aliphatic carbocycles. The lowest BCUT2D eigenvalue weighted by atomic mass is 10.1. The number of nitrogens with two attached hydrogens (primary N) is 1. The Kier molecular flexibility index (Phi) is 3.85. The molecule has 0 saturated carbocycles. The van der Waals surface area contributed by atoms with Crippen molar-refractivity contribution in [2.45, 2.75) is 26.3 Å². The van der Waals surface area contributed by atoms with Crippen molar-refractivity contribution in [1.29, 1.82) is 0 Å². The van der Waals surface area contributed by atoms with E-state index in [1.807, 2.05) is 6.92 Å². The van der Waals surface area contributed by atoms with Crippen LogP contribution in [0, 0.1) is 16.0 Å². The molecule has 0 spiro atoms. The molecule has 2 atom stereocenters. The first-order valence-corrected chi connectivity index (χ1v) is 6.73. The van der Waals surface area contributed by atoms with Gasteiger partial charge in [0, 0.05) is 24.2 Å². The first kappa shape index (κ1) is 14.6. The molecule has 1 aliphatic heterocycles. The lowest BCUT2D eigenvalue weighted by Gasteiger charge is -2.21. The molecule has 0 bridgehead atoms. The zero-order valence-corrected chi connectivity index (χ0v) is 12.1. The third-order valence-electron chi connectivity index (χ3n) is 3.60. The van der Waals surface area contributed by atoms with Crippen LogP contribution in [0.15, 0.2) is 12.1 Å². The van der Waals surface area contributed by atoms with Crippen LogP contribution in [-0.4, -0.2) is 28.3 Å². The van der Waals surface area contributed by atoms with E-state index in [0.29, 0.717) is 12.5 Å². The molecule has 1 saturated heterocycles. The first-order chi connectivity index (χ1) is 9.31. The van der Waals surface area contributed by atoms with Crippen LogP contribution in [0.2, 0.25) is 5.02 Å². The van der Waals surface area contributed by atoms with Gasteiger partial charge in [-0.05, 0) is 25.3 Å². The zero-order chi connectivity index (χ0) is 15.0. The molecule has 1 aliphatic rings. The zero-order valence-electron chi connectivity index (χ0n) is 11.3. The van der Waals surface area contributed by atoms with Crippen molar-refractivity contribution in [2.75, 3.05) is 12.3 Å². The minimum Gasteiger partial charge on any atom is -0.392 e. The first-order valence-electron chi connectivity index (χ1n) is 6.35. The molecule has 1 fully saturated rings. The van der Waals surface area contributed by atoms with E-state index >= 15 is 0 Å². The van der Waals surface area contributed by atoms with Crippen LogP contribution in [0.4, 0.5) is 11.4 Å². The van der Waals surface area contributed by atoms with Gasteiger partial charge in [-0.2, -0.15) is 0 Å². The van der Waals surface area contributed by atoms with Crippen LogP contribution in [-0.2, 0) is 0 Å². The largest absolute Gasteiger partial charge is 0.392 e. The van der Waals surface area contributed by atoms with Gasteiger partial charge in [0.15, 0.2) is 0 Å². The molecule has 1 heterocycles. The number of rotatable bonds is 2. The number of carbonyl (C=O) groups is 1. The SMILES string of the molecule is CC1CC(C)N(C(=O)c2cc(Cl)c(N)c([N+](=O)[O-])c2)C1. The molecule has 0 radical (unpaired) electrons. The molecule has 7 heteroatoms. The number of hydrogen-bond acceptors (Lipinski definition) is 4. The van der Waals surface area contributed by atoms with Gasteiger partial charge in [0.2, 0.25) is 0 Å². The van der Waals surface area contributed by atoms with Gasteiger partial charge in [-0.25, -0.2) is 0 Å². The number of likely N-dealkylation sites (tertiary alicyclic amines) is 1. The number of anilines is 1. The maximum Gasteiger partial charge on any atom is 0.294 e. The van der Waals surface area contributed by atoms with Gasteiger partial charge in [-0.15, -0.1) is 0 Å². The molecule has 2 unspecified atom stereocenters. The highest BCUT2D eigenvalue weighted by atomic mass is 35.5. The van der Waals surface area contributed by atoms with E-state index < -0.39 is 4.92 Å². The third-order valence-corrected chi connectivity index (χ3v) is 3.91. The number of amides is 1. The molecule has 1 aromatic carbocycles. The van der Waals surface area contributed by atoms with Crippen molar-refractivity contribution in [3.63, 3.8) is 0 Å². The van der Waals surface area contributed by atoms with E-state index in [1.165, 1.54) is 12.1 Å². The molecular weight excluding hydrogens is 282 g/mol. The summed E-state index contributed by atoms with van der Waals surface area (Å²) >= 11 is 5.88. The lowest BCUT2D eigenvalue weighted by molar-refractivity contribution is -0.383. The molecule has 0 aromatic heterocycles. The average Bonchev–Trinajstić information content (AvgIpc) is 2.70. The van der Waals surface area contributed by atoms with Gasteiger partial charge >= 0.3 is 0 Å². The lowest BCUT2D eigenvalue weighted by Crippen LogP contribution is -2.34. The Morgan fingerprint density at radius 1 is 1.50 bits per heavy atom. The molecule has 20 heavy (non-hydrogen) atoms. The van der Waals surface area contributed by atoms with Crippen LogP contribution in [0.25, 0.3) is 0 Å². The van der Waals surface area contributed by atoms with E-state index in [-0.39, 0.29) is 33.9 Å². The predicted molar refractivity (Wildman–Crippen MR) is 76.8 cm³/mol. The predicted octanol–water partition coefficient (Wildman–Crippen LogP) is 2.70. The maximum atomic E-state index is 12.4. The number of halogens is 1. The topological polar surface area (TPSA) is 89.5 Å². The fraction of sp³-hybridized carbons (Fsp3) is 0.462. The molecule has 1 amide bonds. The summed E-state index contributed by atoms with van der Waals surface area (Å²) in [4.78, 5) is 24.5. The van der Waals surface area contributed by atoms with Crippen molar-refractivity contribution in [3.05, 3.63) is 32.8 Å². The van der Waals surface area contributed by atoms with Crippen LogP contribution in [0.1, 0.15) is 30.6 Å². The van der Waals surface area contributed by atoms with Crippen molar-refractivity contribution < 1.29 is 9.72 Å². The summed E-state index contributed by atoms with van der Waals surface area (Å²) in [5.41, 5.74) is 5.31. The number of carbonyl (C=O) groups excluding carboxylic acids is 1. The number of nitrogens with zero attached hydrogens (tertiary/aromatic N) is 2. The Labute approximate surface area is 121 Å². The second-order valence-electron chi connectivity index (χ2n) is 5.30. The van der Waals surface area contributed by atoms with Gasteiger partial charge in [0.05, 0.1) is 9.95 Å². The molecular formula is C13H16ClN3O3. The Balaban J connectivity index is 2.38. The third kappa shape index (κ3) is 2.56. The standard InChI is InChI=1S/C13H16ClN3O3/c1-7-3-8(2)16(6-7)13(18)9-4-10(14)12(15)11(5-9)17(19)20/h4-5,7-8H,3,6,15H2,1-2H3. The molecule has 2 rings (SSSR count). The summed E-state index contributed by atoms with van der Waals surface area (Å²) in [5.74, 6) is 0.181. The number of nitrogen functional groups attached to an aromatic ring is 1. The van der Waals surface area contributed by atoms with Gasteiger partial charge in [-0.1, -0.05) is 18.5 Å². The number of hydrogen-bond donors (Lipinski definition) is 1. The normalized spacial score (nSPS) is 22.1. The Bertz CT molecular complexity index is 576. The summed E-state index contributed by atoms with van der Waals surface area (Å²) in [6.07, 6.45) is 0.927. The second kappa shape index (κ2) is 5.28. The Hall–Kier alpha value is -1.82. The van der Waals surface area contributed by atoms with Crippen molar-refractivity contribution in [2.24, 2.45) is 5.92 Å². The second-order valence-corrected chi connectivity index (χ2v) is 5.70. The summed E-state index contributed by atoms with van der Waals surface area (Å²) in [7, 11) is 0. The number of benzene rings is 1. The Morgan fingerprint density at radius 3 is 2.65 bits per heavy atom. The van der Waals surface area contributed by atoms with Crippen molar-refractivity contribution in [1.82, 2.24) is 4.90 Å². The van der Waals surface area contributed by atoms with Crippen molar-refractivity contribution in [3.8, 4) is 0 Å². The maximum absolute atomic E-state index is 12.4. The van der Waals surface area contributed by atoms with Gasteiger partial charge in [0.1, 0.15) is 5.69 Å². The number of nitro groups is 1. The fourth-order valence-electron chi connectivity index (χ4n) is 2.63. The quantitative estimate of drug-likeness (QED) is 0.516. The van der Waals surface area contributed by atoms with Gasteiger partial charge in [-0.3, -0.25) is 14.9 Å².